The molecule has 1 saturated carbocycles. The molecule has 160 valence electrons. The van der Waals surface area contributed by atoms with Crippen LogP contribution in [0.4, 0.5) is 4.39 Å². The van der Waals surface area contributed by atoms with Gasteiger partial charge in [0.1, 0.15) is 5.82 Å². The first kappa shape index (κ1) is 21.8. The lowest BCUT2D eigenvalue weighted by atomic mass is 9.94. The van der Waals surface area contributed by atoms with Crippen LogP contribution in [0.25, 0.3) is 0 Å². The lowest BCUT2D eigenvalue weighted by molar-refractivity contribution is -0.136. The molecule has 1 atom stereocenters. The fourth-order valence-corrected chi connectivity index (χ4v) is 4.61. The smallest absolute Gasteiger partial charge is 0.237 e. The summed E-state index contributed by atoms with van der Waals surface area (Å²) in [6, 6.07) is 6.38. The van der Waals surface area contributed by atoms with Crippen molar-refractivity contribution in [2.75, 3.05) is 26.2 Å². The second-order valence-corrected chi connectivity index (χ2v) is 8.81. The number of hydrogen-bond donors (Lipinski definition) is 1. The predicted octanol–water partition coefficient (Wildman–Crippen LogP) is 3.19. The van der Waals surface area contributed by atoms with Crippen molar-refractivity contribution < 1.29 is 14.0 Å². The number of nitrogens with one attached hydrogen (secondary N) is 1. The van der Waals surface area contributed by atoms with E-state index in [1.54, 1.807) is 18.2 Å². The molecule has 2 amide bonds. The highest BCUT2D eigenvalue weighted by molar-refractivity contribution is 5.82. The molecule has 1 aliphatic heterocycles. The van der Waals surface area contributed by atoms with Crippen molar-refractivity contribution in [3.63, 3.8) is 0 Å². The minimum absolute atomic E-state index is 0.0119. The summed E-state index contributed by atoms with van der Waals surface area (Å²) in [4.78, 5) is 29.7. The van der Waals surface area contributed by atoms with Crippen LogP contribution >= 0.6 is 0 Å². The second kappa shape index (κ2) is 10.2. The first-order valence-corrected chi connectivity index (χ1v) is 11.0. The van der Waals surface area contributed by atoms with Crippen LogP contribution in [0.3, 0.4) is 0 Å². The number of halogens is 1. The first-order valence-electron chi connectivity index (χ1n) is 11.0. The third-order valence-corrected chi connectivity index (χ3v) is 6.17. The number of benzene rings is 1. The Morgan fingerprint density at radius 2 is 1.76 bits per heavy atom. The number of carbonyl (C=O) groups is 2. The molecule has 1 saturated heterocycles. The van der Waals surface area contributed by atoms with E-state index in [0.29, 0.717) is 36.9 Å². The summed E-state index contributed by atoms with van der Waals surface area (Å²) in [6.07, 6.45) is 5.02. The maximum absolute atomic E-state index is 13.9. The third-order valence-electron chi connectivity index (χ3n) is 6.17. The number of nitrogens with zero attached hydrogens (tertiary/aromatic N) is 2. The third kappa shape index (κ3) is 5.78. The van der Waals surface area contributed by atoms with E-state index >= 15 is 0 Å². The Balaban J connectivity index is 1.61. The topological polar surface area (TPSA) is 52.7 Å². The molecule has 1 unspecified atom stereocenters. The van der Waals surface area contributed by atoms with Crippen molar-refractivity contribution >= 4 is 11.8 Å². The second-order valence-electron chi connectivity index (χ2n) is 8.81. The number of carbonyl (C=O) groups excluding carboxylic acids is 2. The molecule has 29 heavy (non-hydrogen) atoms. The van der Waals surface area contributed by atoms with Gasteiger partial charge in [-0.3, -0.25) is 14.5 Å². The molecule has 1 aromatic carbocycles. The van der Waals surface area contributed by atoms with Crippen molar-refractivity contribution in [2.24, 2.45) is 11.8 Å². The molecule has 0 bridgehead atoms. The molecule has 0 radical (unpaired) electrons. The van der Waals surface area contributed by atoms with Gasteiger partial charge in [-0.15, -0.1) is 0 Å². The Morgan fingerprint density at radius 1 is 1.10 bits per heavy atom. The Kier molecular flexibility index (Phi) is 7.64. The van der Waals surface area contributed by atoms with Gasteiger partial charge in [-0.1, -0.05) is 44.9 Å². The number of amides is 2. The molecule has 1 aromatic rings. The van der Waals surface area contributed by atoms with E-state index in [1.807, 2.05) is 4.90 Å². The van der Waals surface area contributed by atoms with Crippen molar-refractivity contribution in [2.45, 2.75) is 58.5 Å². The quantitative estimate of drug-likeness (QED) is 0.761. The van der Waals surface area contributed by atoms with Gasteiger partial charge in [0.05, 0.1) is 6.04 Å². The standard InChI is InChI=1S/C23H34FN3O2/c1-17(2)15-21(28)26-11-13-27(14-12-26)22(18-7-3-4-8-18)23(29)25-16-19-9-5-6-10-20(19)24/h5-6,9-10,17-18,22H,3-4,7-8,11-16H2,1-2H3,(H,25,29). The average Bonchev–Trinajstić information content (AvgIpc) is 3.22. The SMILES string of the molecule is CC(C)CC(=O)N1CCN(C(C(=O)NCc2ccccc2F)C2CCCC2)CC1. The van der Waals surface area contributed by atoms with E-state index < -0.39 is 0 Å². The van der Waals surface area contributed by atoms with Gasteiger partial charge in [-0.05, 0) is 30.7 Å². The van der Waals surface area contributed by atoms with Gasteiger partial charge < -0.3 is 10.2 Å². The summed E-state index contributed by atoms with van der Waals surface area (Å²) in [5.41, 5.74) is 0.509. The Bertz CT molecular complexity index is 695. The summed E-state index contributed by atoms with van der Waals surface area (Å²) in [7, 11) is 0. The van der Waals surface area contributed by atoms with E-state index in [0.717, 1.165) is 38.8 Å². The maximum atomic E-state index is 13.9. The normalized spacial score (nSPS) is 19.5. The highest BCUT2D eigenvalue weighted by Crippen LogP contribution is 2.31. The van der Waals surface area contributed by atoms with Gasteiger partial charge in [0.15, 0.2) is 0 Å². The fourth-order valence-electron chi connectivity index (χ4n) is 4.61. The molecule has 2 aliphatic rings. The minimum Gasteiger partial charge on any atom is -0.351 e. The van der Waals surface area contributed by atoms with Crippen molar-refractivity contribution in [1.82, 2.24) is 15.1 Å². The zero-order valence-electron chi connectivity index (χ0n) is 17.7. The Labute approximate surface area is 173 Å². The monoisotopic (exact) mass is 403 g/mol. The number of hydrogen-bond acceptors (Lipinski definition) is 3. The molecule has 1 N–H and O–H groups in total. The predicted molar refractivity (Wildman–Crippen MR) is 112 cm³/mol. The summed E-state index contributed by atoms with van der Waals surface area (Å²) in [6.45, 7) is 7.12. The number of rotatable bonds is 7. The van der Waals surface area contributed by atoms with Gasteiger partial charge in [-0.2, -0.15) is 0 Å². The molecular weight excluding hydrogens is 369 g/mol. The van der Waals surface area contributed by atoms with E-state index in [2.05, 4.69) is 24.1 Å². The zero-order valence-corrected chi connectivity index (χ0v) is 17.7. The summed E-state index contributed by atoms with van der Waals surface area (Å²) < 4.78 is 13.9. The molecule has 0 aromatic heterocycles. The van der Waals surface area contributed by atoms with Crippen LogP contribution in [0.1, 0.15) is 51.5 Å². The molecule has 2 fully saturated rings. The lowest BCUT2D eigenvalue weighted by Crippen LogP contribution is -2.58. The van der Waals surface area contributed by atoms with E-state index in [1.165, 1.54) is 6.07 Å². The summed E-state index contributed by atoms with van der Waals surface area (Å²) in [5, 5.41) is 2.97. The molecule has 6 heteroatoms. The molecule has 5 nitrogen and oxygen atoms in total. The van der Waals surface area contributed by atoms with Crippen LogP contribution in [0.2, 0.25) is 0 Å². The van der Waals surface area contributed by atoms with Gasteiger partial charge in [-0.25, -0.2) is 4.39 Å². The largest absolute Gasteiger partial charge is 0.351 e. The molecule has 1 heterocycles. The first-order chi connectivity index (χ1) is 14.0. The maximum Gasteiger partial charge on any atom is 0.237 e. The van der Waals surface area contributed by atoms with Crippen molar-refractivity contribution in [1.29, 1.82) is 0 Å². The van der Waals surface area contributed by atoms with Gasteiger partial charge in [0.2, 0.25) is 11.8 Å². The average molecular weight is 404 g/mol. The van der Waals surface area contributed by atoms with Crippen LogP contribution < -0.4 is 5.32 Å². The van der Waals surface area contributed by atoms with Gasteiger partial charge in [0, 0.05) is 44.7 Å². The Morgan fingerprint density at radius 3 is 2.38 bits per heavy atom. The fraction of sp³-hybridized carbons (Fsp3) is 0.652. The van der Waals surface area contributed by atoms with Crippen LogP contribution in [0.5, 0.6) is 0 Å². The Hall–Kier alpha value is -1.95. The molecule has 3 rings (SSSR count). The minimum atomic E-state index is -0.289. The van der Waals surface area contributed by atoms with E-state index in [4.69, 9.17) is 0 Å². The van der Waals surface area contributed by atoms with Gasteiger partial charge >= 0.3 is 0 Å². The van der Waals surface area contributed by atoms with Crippen LogP contribution in [-0.2, 0) is 16.1 Å². The van der Waals surface area contributed by atoms with Crippen LogP contribution in [0.15, 0.2) is 24.3 Å². The van der Waals surface area contributed by atoms with E-state index in [9.17, 15) is 14.0 Å². The van der Waals surface area contributed by atoms with Crippen LogP contribution in [0, 0.1) is 17.7 Å². The van der Waals surface area contributed by atoms with Crippen LogP contribution in [-0.4, -0.2) is 53.8 Å². The van der Waals surface area contributed by atoms with E-state index in [-0.39, 0.29) is 30.2 Å². The zero-order chi connectivity index (χ0) is 20.8. The highest BCUT2D eigenvalue weighted by Gasteiger charge is 2.37. The molecule has 1 aliphatic carbocycles. The summed E-state index contributed by atoms with van der Waals surface area (Å²) >= 11 is 0. The molecular formula is C23H34FN3O2. The lowest BCUT2D eigenvalue weighted by Gasteiger charge is -2.41. The van der Waals surface area contributed by atoms with Crippen molar-refractivity contribution in [3.8, 4) is 0 Å². The summed E-state index contributed by atoms with van der Waals surface area (Å²) in [5.74, 6) is 0.607. The molecule has 0 spiro atoms. The number of piperazine rings is 1. The van der Waals surface area contributed by atoms with Gasteiger partial charge in [0.25, 0.3) is 0 Å². The van der Waals surface area contributed by atoms with Crippen molar-refractivity contribution in [3.05, 3.63) is 35.6 Å². The highest BCUT2D eigenvalue weighted by atomic mass is 19.1.